The molecule has 35 heteroatoms. The Balaban J connectivity index is 0. The number of terminal acetylenes is 1. The number of fused-ring (bicyclic) bond motifs is 6. The maximum Gasteiger partial charge on any atom is 1.00 e. The molecule has 0 saturated heterocycles. The fourth-order valence-corrected chi connectivity index (χ4v) is 11.0. The summed E-state index contributed by atoms with van der Waals surface area (Å²) in [6.45, 7) is 6.37. The second kappa shape index (κ2) is 56.2. The molecule has 12 aromatic rings. The van der Waals surface area contributed by atoms with Crippen molar-refractivity contribution in [3.63, 3.8) is 0 Å². The molecule has 555 valence electrons. The van der Waals surface area contributed by atoms with Crippen molar-refractivity contribution >= 4 is 160 Å². The maximum absolute atomic E-state index is 12.4. The number of nitrogens with one attached hydrogen (secondary N) is 2. The number of hydrogen-bond acceptors (Lipinski definition) is 25. The van der Waals surface area contributed by atoms with Crippen LogP contribution in [-0.2, 0) is 74.0 Å². The van der Waals surface area contributed by atoms with Gasteiger partial charge >= 0.3 is 270 Å². The molecule has 5 aromatic heterocycles. The Labute approximate surface area is 839 Å². The molecular formula is C76H64BBr3K4N3O23S. The van der Waals surface area contributed by atoms with E-state index in [1.54, 1.807) is 48.5 Å². The summed E-state index contributed by atoms with van der Waals surface area (Å²) in [6.07, 6.45) is 5.59. The molecule has 1 aliphatic rings. The van der Waals surface area contributed by atoms with Crippen LogP contribution >= 0.6 is 60.6 Å². The van der Waals surface area contributed by atoms with Gasteiger partial charge in [0.25, 0.3) is 12.9 Å². The predicted octanol–water partition coefficient (Wildman–Crippen LogP) is -1.17. The van der Waals surface area contributed by atoms with Gasteiger partial charge in [-0.15, -0.1) is 12.8 Å². The van der Waals surface area contributed by atoms with E-state index in [-0.39, 0.29) is 256 Å². The van der Waals surface area contributed by atoms with Gasteiger partial charge in [-0.3, -0.25) is 28.8 Å². The van der Waals surface area contributed by atoms with Crippen LogP contribution in [-0.4, -0.2) is 49.4 Å². The van der Waals surface area contributed by atoms with Gasteiger partial charge in [-0.05, 0) is 139 Å². The van der Waals surface area contributed by atoms with Crippen LogP contribution in [0.1, 0.15) is 60.7 Å². The quantitative estimate of drug-likeness (QED) is 0.00903. The van der Waals surface area contributed by atoms with Crippen molar-refractivity contribution in [1.29, 1.82) is 0 Å². The number of nitrogens with zero attached hydrogens (tertiary/aromatic N) is 1. The minimum absolute atomic E-state index is 0. The minimum Gasteiger partial charge on any atom is -1.00 e. The first-order chi connectivity index (χ1) is 51.9. The summed E-state index contributed by atoms with van der Waals surface area (Å²) in [7, 11) is 4.34. The van der Waals surface area contributed by atoms with E-state index in [1.165, 1.54) is 66.1 Å². The minimum atomic E-state index is -0.903. The van der Waals surface area contributed by atoms with Crippen molar-refractivity contribution in [2.45, 2.75) is 62.7 Å². The smallest absolute Gasteiger partial charge is 1.00 e. The summed E-state index contributed by atoms with van der Waals surface area (Å²) in [4.78, 5) is 127. The topological polar surface area (TPSA) is 393 Å². The largest absolute Gasteiger partial charge is 1.00 e. The molecular weight excluding hydrogens is 1760 g/mol. The third-order valence-corrected chi connectivity index (χ3v) is 16.5. The molecule has 111 heavy (non-hydrogen) atoms. The number of ether oxygens (including phenoxy) is 2. The van der Waals surface area contributed by atoms with Gasteiger partial charge in [0.15, 0.2) is 0 Å². The SMILES string of the molecule is Cc1cc2ccc(=O)oc2cc1C.Cc1cc2oc(=O)ccc2cc1CBr.O=C(CC(=O)Oc1cc2oc(=O)ccc2cc1CBr)NCc1ccccc1.O=C(NCc1ccccc1)C1Cc2cc3ccc(=O)oc3cc2OC1=O.O=CO[O-].O=CO[O-].O=c1ccc2cc(CBr)c(O)cc2o1.[2H]C#C.[B]=NS.[H-].[H-].[K+].[K+].[K+].[K+]. The van der Waals surface area contributed by atoms with E-state index in [1.807, 2.05) is 106 Å². The second-order valence-corrected chi connectivity index (χ2v) is 23.7. The van der Waals surface area contributed by atoms with Crippen molar-refractivity contribution in [2.24, 2.45) is 10.2 Å². The Morgan fingerprint density at radius 1 is 0.568 bits per heavy atom. The number of halogens is 3. The number of esters is 2. The van der Waals surface area contributed by atoms with Gasteiger partial charge in [-0.1, -0.05) is 108 Å². The third-order valence-electron chi connectivity index (χ3n) is 14.7. The summed E-state index contributed by atoms with van der Waals surface area (Å²) in [5, 5.41) is 37.8. The molecule has 2 amide bonds. The Bertz CT molecular complexity index is 5390. The van der Waals surface area contributed by atoms with Crippen LogP contribution in [0.4, 0.5) is 0 Å². The van der Waals surface area contributed by atoms with Crippen LogP contribution in [0, 0.1) is 39.5 Å². The zero-order valence-electron chi connectivity index (χ0n) is 63.6. The van der Waals surface area contributed by atoms with Gasteiger partial charge in [0.05, 0.1) is 0 Å². The van der Waals surface area contributed by atoms with Crippen LogP contribution in [0.5, 0.6) is 17.2 Å². The summed E-state index contributed by atoms with van der Waals surface area (Å²) >= 11 is 13.2. The van der Waals surface area contributed by atoms with Crippen molar-refractivity contribution < 1.29 is 295 Å². The second-order valence-electron chi connectivity index (χ2n) is 21.8. The molecule has 13 rings (SSSR count). The average molecular weight is 1830 g/mol. The Morgan fingerprint density at radius 2 is 0.928 bits per heavy atom. The molecule has 1 atom stereocenters. The number of phenolic OH excluding ortho intramolecular Hbond substituents is 1. The molecule has 1 radical (unpaired) electrons. The van der Waals surface area contributed by atoms with Crippen LogP contribution < -0.4 is 264 Å². The number of aryl methyl sites for hydroxylation is 3. The number of aromatic hydroxyl groups is 1. The van der Waals surface area contributed by atoms with E-state index in [9.17, 15) is 48.3 Å². The van der Waals surface area contributed by atoms with Crippen molar-refractivity contribution in [1.82, 2.24) is 10.6 Å². The number of benzene rings is 7. The van der Waals surface area contributed by atoms with Crippen LogP contribution in [0.2, 0.25) is 0 Å². The molecule has 3 N–H and O–H groups in total. The number of hydrogen-bond donors (Lipinski definition) is 4. The Kier molecular flexibility index (Phi) is 51.7. The molecule has 6 heterocycles. The van der Waals surface area contributed by atoms with Gasteiger partial charge in [0, 0.05) is 116 Å². The van der Waals surface area contributed by atoms with E-state index >= 15 is 0 Å². The van der Waals surface area contributed by atoms with Crippen LogP contribution in [0.15, 0.2) is 232 Å². The molecule has 1 unspecified atom stereocenters. The number of rotatable bonds is 13. The summed E-state index contributed by atoms with van der Waals surface area (Å²) < 4.78 is 44.3. The van der Waals surface area contributed by atoms with Crippen molar-refractivity contribution in [3.8, 4) is 30.1 Å². The van der Waals surface area contributed by atoms with E-state index < -0.39 is 47.1 Å². The van der Waals surface area contributed by atoms with Crippen LogP contribution in [0.3, 0.4) is 0 Å². The Hall–Kier alpha value is -5.11. The summed E-state index contributed by atoms with van der Waals surface area (Å²) in [5.41, 5.74) is 9.17. The van der Waals surface area contributed by atoms with Crippen molar-refractivity contribution in [3.05, 3.63) is 284 Å². The third kappa shape index (κ3) is 35.1. The molecule has 0 spiro atoms. The number of alkyl halides is 3. The average Bonchev–Trinajstić information content (AvgIpc) is 0.768. The van der Waals surface area contributed by atoms with Crippen molar-refractivity contribution in [2.75, 3.05) is 0 Å². The van der Waals surface area contributed by atoms with Gasteiger partial charge < -0.3 is 70.4 Å². The van der Waals surface area contributed by atoms with Crippen LogP contribution in [0.25, 0.3) is 54.8 Å². The van der Waals surface area contributed by atoms with Gasteiger partial charge in [0.2, 0.25) is 11.8 Å². The number of thiol groups is 1. The molecule has 1 aliphatic heterocycles. The predicted molar refractivity (Wildman–Crippen MR) is 409 cm³/mol. The number of phenols is 1. The van der Waals surface area contributed by atoms with Gasteiger partial charge in [0.1, 0.15) is 58.9 Å². The fourth-order valence-electron chi connectivity index (χ4n) is 9.48. The normalized spacial score (nSPS) is 10.8. The van der Waals surface area contributed by atoms with E-state index in [2.05, 4.69) is 99.4 Å². The molecule has 0 saturated carbocycles. The molecule has 0 aliphatic carbocycles. The molecule has 0 fully saturated rings. The van der Waals surface area contributed by atoms with Gasteiger partial charge in [-0.25, -0.2) is 24.0 Å². The maximum atomic E-state index is 12.4. The fraction of sp³-hybridized carbons (Fsp3) is 0.145. The first kappa shape index (κ1) is 102. The number of amides is 2. The summed E-state index contributed by atoms with van der Waals surface area (Å²) in [5.74, 6) is -2.32. The van der Waals surface area contributed by atoms with E-state index in [0.717, 1.165) is 54.9 Å². The number of carbonyl (C=O) groups is 6. The zero-order chi connectivity index (χ0) is 79.2. The van der Waals surface area contributed by atoms with E-state index in [0.29, 0.717) is 73.8 Å². The zero-order valence-corrected chi connectivity index (χ0v) is 78.8. The molecule has 7 aromatic carbocycles. The van der Waals surface area contributed by atoms with E-state index in [4.69, 9.17) is 53.0 Å². The summed E-state index contributed by atoms with van der Waals surface area (Å²) in [6, 6.07) is 51.9. The van der Waals surface area contributed by atoms with Gasteiger partial charge in [-0.2, -0.15) is 0 Å². The Morgan fingerprint density at radius 3 is 1.36 bits per heavy atom. The monoisotopic (exact) mass is 1820 g/mol. The molecule has 26 nitrogen and oxygen atoms in total. The number of carbonyl (C=O) groups excluding carboxylic acids is 6. The standard InChI is InChI=1S/C20H16BrNO5.C20H15NO5.C11H9BrO2.C11H10O2.C10H7BrO3.C2H2.2CH2O3.BHNS.4K.2H/c21-11-15-8-14-6-7-19(24)26-16(14)9-17(15)27-20(25)10-18(23)22-12-13-4-2-1-3-5-13;22-18-7-6-13-8-14-9-15(20(24)26-17(14)10-16(13)25-18)19(23)21-11-12-4-2-1-3-5-12;1-7-4-10-8(5-9(7)6-12)2-3-11(13)14-10;1-7-5-9-3-4-11(12)13-10(9)6-8(7)2;11-5-7-3-6-1-2-10(13)14-9(6)4-8(7)12;1-2;2*2-1-4-3;1-2-3;;;;;;/h1-9H,10-12H2,(H,22,23);1-8,10,15H,9,11H2,(H,21,23);2-5H,6H2,1H3;3-6H,1-2H3;1-4,12H,5H2;1-2H;2*1,3H;3H;;;;;;/q;;;;;;;;;4*+1;2*-1/p-2/i;;;;;1D;;;;;;;;;. The molecule has 0 bridgehead atoms. The first-order valence-electron chi connectivity index (χ1n) is 31.4. The first-order valence-corrected chi connectivity index (χ1v) is 34.7.